The molecule has 0 saturated carbocycles. The molecule has 1 atom stereocenters. The number of hydrogen-bond acceptors (Lipinski definition) is 1. The van der Waals surface area contributed by atoms with Crippen LogP contribution in [0.5, 0.6) is 0 Å². The molecule has 0 amide bonds. The Morgan fingerprint density at radius 2 is 0.733 bits per heavy atom. The number of unbranched alkanes of at least 4 members (excludes halogenated alkanes) is 18. The summed E-state index contributed by atoms with van der Waals surface area (Å²) in [6, 6.07) is 0. The molecule has 30 heavy (non-hydrogen) atoms. The van der Waals surface area contributed by atoms with Crippen molar-refractivity contribution in [3.05, 3.63) is 0 Å². The van der Waals surface area contributed by atoms with Gasteiger partial charge in [0.05, 0.1) is 0 Å². The van der Waals surface area contributed by atoms with Crippen LogP contribution in [0, 0.1) is 5.92 Å². The first-order chi connectivity index (χ1) is 14.8. The van der Waals surface area contributed by atoms with Crippen molar-refractivity contribution in [2.45, 2.75) is 168 Å². The van der Waals surface area contributed by atoms with E-state index in [2.05, 4.69) is 20.8 Å². The van der Waals surface area contributed by atoms with E-state index in [1.54, 1.807) is 0 Å². The van der Waals surface area contributed by atoms with Crippen LogP contribution in [0.15, 0.2) is 0 Å². The van der Waals surface area contributed by atoms with Crippen LogP contribution in [-0.2, 0) is 4.74 Å². The quantitative estimate of drug-likeness (QED) is 0.125. The van der Waals surface area contributed by atoms with Crippen LogP contribution in [0.25, 0.3) is 0 Å². The second kappa shape index (κ2) is 27.0. The van der Waals surface area contributed by atoms with E-state index in [0.717, 1.165) is 19.1 Å². The number of hydrogen-bond donors (Lipinski definition) is 0. The molecule has 1 unspecified atom stereocenters. The lowest BCUT2D eigenvalue weighted by atomic mass is 9.94. The molecule has 0 rings (SSSR count). The minimum atomic E-state index is 0.820. The lowest BCUT2D eigenvalue weighted by Gasteiger charge is -2.17. The lowest BCUT2D eigenvalue weighted by Crippen LogP contribution is -2.11. The molecular formula is C29H60O. The van der Waals surface area contributed by atoms with Crippen LogP contribution in [0.2, 0.25) is 0 Å². The van der Waals surface area contributed by atoms with Crippen molar-refractivity contribution in [3.8, 4) is 0 Å². The van der Waals surface area contributed by atoms with E-state index in [1.807, 2.05) is 0 Å². The van der Waals surface area contributed by atoms with Gasteiger partial charge in [-0.15, -0.1) is 0 Å². The van der Waals surface area contributed by atoms with Gasteiger partial charge in [0.1, 0.15) is 0 Å². The number of ether oxygens (including phenoxy) is 1. The molecule has 0 aliphatic rings. The summed E-state index contributed by atoms with van der Waals surface area (Å²) in [7, 11) is 0. The van der Waals surface area contributed by atoms with Gasteiger partial charge < -0.3 is 4.74 Å². The Bertz CT molecular complexity index is 288. The minimum absolute atomic E-state index is 0.820. The van der Waals surface area contributed by atoms with Crippen molar-refractivity contribution in [2.75, 3.05) is 13.2 Å². The first-order valence-electron chi connectivity index (χ1n) is 14.4. The second-order valence-electron chi connectivity index (χ2n) is 9.88. The third-order valence-electron chi connectivity index (χ3n) is 6.68. The van der Waals surface area contributed by atoms with E-state index in [0.29, 0.717) is 0 Å². The van der Waals surface area contributed by atoms with Crippen molar-refractivity contribution < 1.29 is 4.74 Å². The van der Waals surface area contributed by atoms with Gasteiger partial charge in [0.2, 0.25) is 0 Å². The second-order valence-corrected chi connectivity index (χ2v) is 9.88. The van der Waals surface area contributed by atoms with E-state index in [-0.39, 0.29) is 0 Å². The zero-order chi connectivity index (χ0) is 22.0. The van der Waals surface area contributed by atoms with Gasteiger partial charge in [-0.3, -0.25) is 0 Å². The van der Waals surface area contributed by atoms with E-state index in [4.69, 9.17) is 4.74 Å². The fourth-order valence-corrected chi connectivity index (χ4v) is 4.50. The summed E-state index contributed by atoms with van der Waals surface area (Å²) in [6.07, 6.45) is 32.6. The Morgan fingerprint density at radius 3 is 1.13 bits per heavy atom. The highest BCUT2D eigenvalue weighted by Gasteiger charge is 2.09. The topological polar surface area (TPSA) is 9.23 Å². The first-order valence-corrected chi connectivity index (χ1v) is 14.4. The van der Waals surface area contributed by atoms with E-state index >= 15 is 0 Å². The van der Waals surface area contributed by atoms with Crippen molar-refractivity contribution in [3.63, 3.8) is 0 Å². The third kappa shape index (κ3) is 24.2. The molecule has 0 N–H and O–H groups in total. The fraction of sp³-hybridized carbons (Fsp3) is 1.00. The summed E-state index contributed by atoms with van der Waals surface area (Å²) < 4.78 is 6.06. The molecule has 1 nitrogen and oxygen atoms in total. The molecule has 0 heterocycles. The average Bonchev–Trinajstić information content (AvgIpc) is 2.76. The summed E-state index contributed by atoms with van der Waals surface area (Å²) in [4.78, 5) is 0. The van der Waals surface area contributed by atoms with Gasteiger partial charge in [-0.25, -0.2) is 0 Å². The monoisotopic (exact) mass is 424 g/mol. The molecule has 0 fully saturated rings. The van der Waals surface area contributed by atoms with Crippen molar-refractivity contribution >= 4 is 0 Å². The molecule has 1 heteroatoms. The van der Waals surface area contributed by atoms with Gasteiger partial charge in [0.15, 0.2) is 0 Å². The van der Waals surface area contributed by atoms with Crippen LogP contribution in [0.1, 0.15) is 168 Å². The summed E-state index contributed by atoms with van der Waals surface area (Å²) in [5, 5.41) is 0. The highest BCUT2D eigenvalue weighted by atomic mass is 16.5. The summed E-state index contributed by atoms with van der Waals surface area (Å²) in [6.45, 7) is 8.89. The fourth-order valence-electron chi connectivity index (χ4n) is 4.50. The highest BCUT2D eigenvalue weighted by molar-refractivity contribution is 4.61. The Labute approximate surface area is 192 Å². The lowest BCUT2D eigenvalue weighted by molar-refractivity contribution is 0.0881. The average molecular weight is 425 g/mol. The van der Waals surface area contributed by atoms with Crippen molar-refractivity contribution in [1.82, 2.24) is 0 Å². The molecule has 0 bridgehead atoms. The Hall–Kier alpha value is -0.0400. The standard InChI is InChI=1S/C29H60O/c1-4-7-10-12-14-16-17-19-21-23-26-29(28-30-27-24-9-6-3)25-22-20-18-15-13-11-8-5-2/h29H,4-28H2,1-3H3. The molecule has 0 aromatic carbocycles. The molecular weight excluding hydrogens is 364 g/mol. The van der Waals surface area contributed by atoms with E-state index in [9.17, 15) is 0 Å². The van der Waals surface area contributed by atoms with Gasteiger partial charge in [0.25, 0.3) is 0 Å². The summed E-state index contributed by atoms with van der Waals surface area (Å²) >= 11 is 0. The first kappa shape index (κ1) is 30.0. The molecule has 0 aliphatic heterocycles. The predicted molar refractivity (Wildman–Crippen MR) is 138 cm³/mol. The van der Waals surface area contributed by atoms with Gasteiger partial charge in [-0.1, -0.05) is 149 Å². The van der Waals surface area contributed by atoms with Gasteiger partial charge >= 0.3 is 0 Å². The highest BCUT2D eigenvalue weighted by Crippen LogP contribution is 2.20. The van der Waals surface area contributed by atoms with Crippen LogP contribution in [0.4, 0.5) is 0 Å². The normalized spacial score (nSPS) is 12.5. The van der Waals surface area contributed by atoms with Gasteiger partial charge in [-0.2, -0.15) is 0 Å². The zero-order valence-corrected chi connectivity index (χ0v) is 21.7. The summed E-state index contributed by atoms with van der Waals surface area (Å²) in [5.41, 5.74) is 0. The van der Waals surface area contributed by atoms with E-state index in [1.165, 1.54) is 148 Å². The maximum atomic E-state index is 6.06. The van der Waals surface area contributed by atoms with Crippen molar-refractivity contribution in [2.24, 2.45) is 5.92 Å². The van der Waals surface area contributed by atoms with Gasteiger partial charge in [0, 0.05) is 13.2 Å². The molecule has 0 spiro atoms. The Balaban J connectivity index is 3.74. The number of rotatable bonds is 26. The van der Waals surface area contributed by atoms with E-state index < -0.39 is 0 Å². The largest absolute Gasteiger partial charge is 0.381 e. The third-order valence-corrected chi connectivity index (χ3v) is 6.68. The van der Waals surface area contributed by atoms with Crippen LogP contribution < -0.4 is 0 Å². The summed E-state index contributed by atoms with van der Waals surface area (Å²) in [5.74, 6) is 0.820. The Kier molecular flexibility index (Phi) is 27.0. The van der Waals surface area contributed by atoms with Gasteiger partial charge in [-0.05, 0) is 25.2 Å². The molecule has 0 aromatic heterocycles. The maximum Gasteiger partial charge on any atom is 0.0494 e. The molecule has 0 aromatic rings. The minimum Gasteiger partial charge on any atom is -0.381 e. The molecule has 0 saturated heterocycles. The maximum absolute atomic E-state index is 6.06. The smallest absolute Gasteiger partial charge is 0.0494 e. The molecule has 182 valence electrons. The molecule has 0 radical (unpaired) electrons. The van der Waals surface area contributed by atoms with Crippen molar-refractivity contribution in [1.29, 1.82) is 0 Å². The van der Waals surface area contributed by atoms with Crippen LogP contribution in [-0.4, -0.2) is 13.2 Å². The SMILES string of the molecule is CCCCCCCCCCCCC(CCCCCCCCCC)COCCCCC. The van der Waals surface area contributed by atoms with Crippen LogP contribution in [0.3, 0.4) is 0 Å². The van der Waals surface area contributed by atoms with Crippen LogP contribution >= 0.6 is 0 Å². The zero-order valence-electron chi connectivity index (χ0n) is 21.7. The Morgan fingerprint density at radius 1 is 0.400 bits per heavy atom. The molecule has 0 aliphatic carbocycles. The predicted octanol–water partition coefficient (Wildman–Crippen LogP) is 10.7.